The van der Waals surface area contributed by atoms with Gasteiger partial charge < -0.3 is 14.2 Å². The maximum Gasteiger partial charge on any atom is 0.257 e. The Kier molecular flexibility index (Phi) is 6.36. The first-order valence-electron chi connectivity index (χ1n) is 7.98. The van der Waals surface area contributed by atoms with Crippen LogP contribution in [0, 0.1) is 5.82 Å². The summed E-state index contributed by atoms with van der Waals surface area (Å²) in [4.78, 5) is 0. The summed E-state index contributed by atoms with van der Waals surface area (Å²) in [5.41, 5.74) is 2.19. The number of rotatable bonds is 7. The molecule has 0 saturated heterocycles. The van der Waals surface area contributed by atoms with Crippen LogP contribution in [0.1, 0.15) is 5.56 Å². The maximum atomic E-state index is 14.4. The number of ether oxygens (including phenoxy) is 2. The van der Waals surface area contributed by atoms with Gasteiger partial charge in [0, 0.05) is 16.8 Å². The molecule has 1 aromatic heterocycles. The normalized spacial score (nSPS) is 10.5. The predicted octanol–water partition coefficient (Wildman–Crippen LogP) is 5.21. The molecule has 0 aliphatic carbocycles. The molecule has 0 saturated carbocycles. The smallest absolute Gasteiger partial charge is 0.257 e. The lowest BCUT2D eigenvalue weighted by Gasteiger charge is -2.11. The first kappa shape index (κ1) is 19.3. The first-order valence-corrected chi connectivity index (χ1v) is 9.59. The van der Waals surface area contributed by atoms with E-state index in [1.165, 1.54) is 25.1 Å². The van der Waals surface area contributed by atoms with Crippen molar-refractivity contribution in [2.45, 2.75) is 6.61 Å². The number of anilines is 1. The van der Waals surface area contributed by atoms with Crippen molar-refractivity contribution >= 4 is 29.2 Å². The molecule has 2 aromatic carbocycles. The zero-order valence-electron chi connectivity index (χ0n) is 14.7. The number of nitrogens with one attached hydrogen (secondary N) is 1. The van der Waals surface area contributed by atoms with Crippen LogP contribution >= 0.6 is 23.5 Å². The average molecular weight is 406 g/mol. The number of hydrogen-bond acceptors (Lipinski definition) is 6. The molecule has 0 spiro atoms. The van der Waals surface area contributed by atoms with Crippen LogP contribution in [-0.2, 0) is 6.61 Å². The Morgan fingerprint density at radius 3 is 2.74 bits per heavy atom. The van der Waals surface area contributed by atoms with Crippen LogP contribution in [0.5, 0.6) is 11.6 Å². The van der Waals surface area contributed by atoms with Gasteiger partial charge >= 0.3 is 0 Å². The van der Waals surface area contributed by atoms with E-state index in [1.807, 2.05) is 24.5 Å². The number of nitrogens with zero attached hydrogens (tertiary/aromatic N) is 2. The molecule has 140 valence electrons. The number of methoxy groups -OCH3 is 1. The summed E-state index contributed by atoms with van der Waals surface area (Å²) in [6, 6.07) is 13.6. The predicted molar refractivity (Wildman–Crippen MR) is 107 cm³/mol. The van der Waals surface area contributed by atoms with Crippen molar-refractivity contribution in [3.05, 3.63) is 64.9 Å². The topological polar surface area (TPSA) is 56.3 Å². The Morgan fingerprint density at radius 2 is 2.00 bits per heavy atom. The molecule has 1 N–H and O–H groups in total. The Labute approximate surface area is 166 Å². The van der Waals surface area contributed by atoms with Crippen LogP contribution in [-0.4, -0.2) is 23.6 Å². The van der Waals surface area contributed by atoms with E-state index in [0.29, 0.717) is 34.6 Å². The van der Waals surface area contributed by atoms with E-state index >= 15 is 0 Å². The van der Waals surface area contributed by atoms with Crippen molar-refractivity contribution in [2.24, 2.45) is 0 Å². The molecule has 0 unspecified atom stereocenters. The SMILES string of the molecule is COc1nnc(-c2cc(OCc3cccc(Cl)c3)ccc2F)cc1NSC. The van der Waals surface area contributed by atoms with E-state index in [-0.39, 0.29) is 5.56 Å². The second-order valence-electron chi connectivity index (χ2n) is 5.52. The Balaban J connectivity index is 1.86. The third-order valence-corrected chi connectivity index (χ3v) is 4.33. The molecule has 27 heavy (non-hydrogen) atoms. The van der Waals surface area contributed by atoms with Crippen molar-refractivity contribution in [3.8, 4) is 22.9 Å². The molecule has 0 amide bonds. The fraction of sp³-hybridized carbons (Fsp3) is 0.158. The van der Waals surface area contributed by atoms with E-state index in [4.69, 9.17) is 21.1 Å². The Hall–Kier alpha value is -2.51. The van der Waals surface area contributed by atoms with Gasteiger partial charge in [-0.3, -0.25) is 0 Å². The van der Waals surface area contributed by atoms with E-state index in [2.05, 4.69) is 14.9 Å². The zero-order chi connectivity index (χ0) is 19.2. The summed E-state index contributed by atoms with van der Waals surface area (Å²) in [6.07, 6.45) is 1.87. The molecule has 8 heteroatoms. The highest BCUT2D eigenvalue weighted by Gasteiger charge is 2.13. The van der Waals surface area contributed by atoms with E-state index < -0.39 is 5.82 Å². The van der Waals surface area contributed by atoms with Crippen LogP contribution in [0.2, 0.25) is 5.02 Å². The highest BCUT2D eigenvalue weighted by atomic mass is 35.5. The zero-order valence-corrected chi connectivity index (χ0v) is 16.3. The van der Waals surface area contributed by atoms with Gasteiger partial charge in [0.2, 0.25) is 0 Å². The largest absolute Gasteiger partial charge is 0.489 e. The molecule has 3 aromatic rings. The monoisotopic (exact) mass is 405 g/mol. The fourth-order valence-corrected chi connectivity index (χ4v) is 3.01. The fourth-order valence-electron chi connectivity index (χ4n) is 2.43. The molecular weight excluding hydrogens is 389 g/mol. The number of aromatic nitrogens is 2. The van der Waals surface area contributed by atoms with Gasteiger partial charge in [-0.25, -0.2) is 4.39 Å². The molecule has 3 rings (SSSR count). The summed E-state index contributed by atoms with van der Waals surface area (Å²) >= 11 is 7.35. The van der Waals surface area contributed by atoms with Gasteiger partial charge in [-0.1, -0.05) is 35.7 Å². The van der Waals surface area contributed by atoms with Crippen LogP contribution < -0.4 is 14.2 Å². The van der Waals surface area contributed by atoms with Crippen LogP contribution in [0.25, 0.3) is 11.3 Å². The number of halogens is 2. The molecule has 5 nitrogen and oxygen atoms in total. The molecule has 0 fully saturated rings. The van der Waals surface area contributed by atoms with Gasteiger partial charge in [-0.15, -0.1) is 10.2 Å². The highest BCUT2D eigenvalue weighted by molar-refractivity contribution is 7.99. The second-order valence-corrected chi connectivity index (χ2v) is 6.57. The van der Waals surface area contributed by atoms with Crippen molar-refractivity contribution in [2.75, 3.05) is 18.1 Å². The van der Waals surface area contributed by atoms with E-state index in [1.54, 1.807) is 24.3 Å². The standard InChI is InChI=1S/C19H17ClFN3O2S/c1-25-19-18(24-27-2)10-17(22-23-19)15-9-14(6-7-16(15)21)26-11-12-4-3-5-13(20)8-12/h3-10H,11H2,1-2H3,(H,22,24). The van der Waals surface area contributed by atoms with Crippen LogP contribution in [0.4, 0.5) is 10.1 Å². The van der Waals surface area contributed by atoms with Crippen molar-refractivity contribution in [1.82, 2.24) is 10.2 Å². The summed E-state index contributed by atoms with van der Waals surface area (Å²) in [5.74, 6) is 0.435. The van der Waals surface area contributed by atoms with Gasteiger partial charge in [0.25, 0.3) is 5.88 Å². The van der Waals surface area contributed by atoms with Crippen molar-refractivity contribution < 1.29 is 13.9 Å². The lowest BCUT2D eigenvalue weighted by Crippen LogP contribution is -2.00. The number of benzene rings is 2. The van der Waals surface area contributed by atoms with Gasteiger partial charge in [0.1, 0.15) is 23.9 Å². The Morgan fingerprint density at radius 1 is 1.15 bits per heavy atom. The third-order valence-electron chi connectivity index (χ3n) is 3.67. The summed E-state index contributed by atoms with van der Waals surface area (Å²) in [6.45, 7) is 0.319. The van der Waals surface area contributed by atoms with Crippen molar-refractivity contribution in [3.63, 3.8) is 0 Å². The summed E-state index contributed by atoms with van der Waals surface area (Å²) < 4.78 is 28.4. The number of hydrogen-bond donors (Lipinski definition) is 1. The molecular formula is C19H17ClFN3O2S. The van der Waals surface area contributed by atoms with Gasteiger partial charge in [0.05, 0.1) is 12.8 Å². The second kappa shape index (κ2) is 8.92. The quantitative estimate of drug-likeness (QED) is 0.544. The molecule has 0 bridgehead atoms. The average Bonchev–Trinajstić information content (AvgIpc) is 2.68. The maximum absolute atomic E-state index is 14.4. The van der Waals surface area contributed by atoms with E-state index in [9.17, 15) is 4.39 Å². The lowest BCUT2D eigenvalue weighted by molar-refractivity contribution is 0.306. The minimum atomic E-state index is -0.417. The molecule has 0 atom stereocenters. The molecule has 1 heterocycles. The minimum Gasteiger partial charge on any atom is -0.489 e. The summed E-state index contributed by atoms with van der Waals surface area (Å²) in [7, 11) is 1.50. The first-order chi connectivity index (χ1) is 13.1. The molecule has 0 radical (unpaired) electrons. The summed E-state index contributed by atoms with van der Waals surface area (Å²) in [5, 5.41) is 8.69. The Bertz CT molecular complexity index is 943. The van der Waals surface area contributed by atoms with Crippen LogP contribution in [0.3, 0.4) is 0 Å². The van der Waals surface area contributed by atoms with Gasteiger partial charge in [-0.05, 0) is 42.0 Å². The molecule has 0 aliphatic rings. The lowest BCUT2D eigenvalue weighted by atomic mass is 10.1. The van der Waals surface area contributed by atoms with E-state index in [0.717, 1.165) is 5.56 Å². The van der Waals surface area contributed by atoms with Crippen LogP contribution in [0.15, 0.2) is 48.5 Å². The minimum absolute atomic E-state index is 0.290. The van der Waals surface area contributed by atoms with Gasteiger partial charge in [-0.2, -0.15) is 0 Å². The van der Waals surface area contributed by atoms with Gasteiger partial charge in [0.15, 0.2) is 0 Å². The highest BCUT2D eigenvalue weighted by Crippen LogP contribution is 2.31. The van der Waals surface area contributed by atoms with Crippen molar-refractivity contribution in [1.29, 1.82) is 0 Å². The third kappa shape index (κ3) is 4.81. The molecule has 0 aliphatic heterocycles.